The maximum Gasteiger partial charge on any atom is 0.191 e. The number of hydrogen-bond acceptors (Lipinski definition) is 10. The lowest BCUT2D eigenvalue weighted by Crippen LogP contribution is -2.33. The third kappa shape index (κ3) is 4.90. The quantitative estimate of drug-likeness (QED) is 0.225. The molecule has 2 aliphatic rings. The smallest absolute Gasteiger partial charge is 0.191 e. The van der Waals surface area contributed by atoms with Gasteiger partial charge < -0.3 is 25.4 Å². The first-order valence-corrected chi connectivity index (χ1v) is 11.4. The van der Waals surface area contributed by atoms with Crippen molar-refractivity contribution in [3.63, 3.8) is 0 Å². The zero-order chi connectivity index (χ0) is 36.8. The first-order chi connectivity index (χ1) is 22.3. The van der Waals surface area contributed by atoms with Gasteiger partial charge in [0.25, 0.3) is 0 Å². The minimum absolute atomic E-state index is 0.0460. The number of hydrogen-bond donors (Lipinski definition) is 4. The van der Waals surface area contributed by atoms with Crippen LogP contribution in [0.4, 0.5) is 14.6 Å². The van der Waals surface area contributed by atoms with E-state index in [1.807, 2.05) is 0 Å². The summed E-state index contributed by atoms with van der Waals surface area (Å²) in [5.74, 6) is -4.94. The van der Waals surface area contributed by atoms with Crippen LogP contribution in [0.2, 0.25) is 0 Å². The van der Waals surface area contributed by atoms with Gasteiger partial charge in [-0.2, -0.15) is 0 Å². The predicted octanol–water partition coefficient (Wildman–Crippen LogP) is 2.01. The first kappa shape index (κ1) is 13.9. The van der Waals surface area contributed by atoms with Crippen molar-refractivity contribution < 1.29 is 46.7 Å². The summed E-state index contributed by atoms with van der Waals surface area (Å²) < 4.78 is 137. The Hall–Kier alpha value is -2.45. The highest BCUT2D eigenvalue weighted by molar-refractivity contribution is 7.99. The van der Waals surface area contributed by atoms with Crippen LogP contribution in [-0.2, 0) is 4.74 Å². The third-order valence-electron chi connectivity index (χ3n) is 5.83. The van der Waals surface area contributed by atoms with E-state index in [0.29, 0.717) is 0 Å². The highest BCUT2D eigenvalue weighted by Crippen LogP contribution is 2.44. The Bertz CT molecular complexity index is 1750. The van der Waals surface area contributed by atoms with Gasteiger partial charge in [0.1, 0.15) is 12.2 Å². The lowest BCUT2D eigenvalue weighted by molar-refractivity contribution is -0.0629. The second-order valence-corrected chi connectivity index (χ2v) is 8.78. The van der Waals surface area contributed by atoms with Gasteiger partial charge in [0, 0.05) is 33.7 Å². The number of halogens is 2. The van der Waals surface area contributed by atoms with Gasteiger partial charge >= 0.3 is 0 Å². The summed E-state index contributed by atoms with van der Waals surface area (Å²) in [5, 5.41) is 40.8. The zero-order valence-electron chi connectivity index (χ0n) is 31.2. The third-order valence-corrected chi connectivity index (χ3v) is 6.40. The van der Waals surface area contributed by atoms with Crippen LogP contribution in [0.25, 0.3) is 11.2 Å². The van der Waals surface area contributed by atoms with Crippen molar-refractivity contribution in [1.29, 1.82) is 0 Å². The summed E-state index contributed by atoms with van der Waals surface area (Å²) in [5.41, 5.74) is -4.21. The van der Waals surface area contributed by atoms with Gasteiger partial charge in [-0.3, -0.25) is 0 Å². The monoisotopic (exact) mass is 535 g/mol. The van der Waals surface area contributed by atoms with E-state index in [1.165, 1.54) is 0 Å². The van der Waals surface area contributed by atoms with Gasteiger partial charge in [0.15, 0.2) is 33.8 Å². The van der Waals surface area contributed by atoms with E-state index < -0.39 is 109 Å². The van der Waals surface area contributed by atoms with Crippen LogP contribution in [-0.4, -0.2) is 83.5 Å². The lowest BCUT2D eigenvalue weighted by atomic mass is 10.1. The van der Waals surface area contributed by atoms with Gasteiger partial charge in [-0.15, -0.1) is 5.10 Å². The van der Waals surface area contributed by atoms with E-state index in [1.54, 1.807) is 0 Å². The Balaban J connectivity index is 1.57. The molecule has 6 atom stereocenters. The van der Waals surface area contributed by atoms with Crippen molar-refractivity contribution in [1.82, 2.24) is 25.0 Å². The number of aliphatic hydroxyl groups excluding tert-OH is 2. The van der Waals surface area contributed by atoms with E-state index in [2.05, 4.69) is 25.6 Å². The average Bonchev–Trinajstić information content (AvgIpc) is 3.29. The fourth-order valence-electron chi connectivity index (χ4n) is 4.04. The van der Waals surface area contributed by atoms with Crippen LogP contribution >= 0.6 is 11.8 Å². The maximum absolute atomic E-state index is 14.4. The molecule has 5 rings (SSSR count). The summed E-state index contributed by atoms with van der Waals surface area (Å²) in [6, 6.07) is -6.08. The number of fused-ring (bicyclic) bond motifs is 1. The van der Waals surface area contributed by atoms with Crippen LogP contribution in [0.1, 0.15) is 61.4 Å². The molecule has 2 aromatic heterocycles. The zero-order valence-corrected chi connectivity index (χ0v) is 19.0. The number of anilines is 1. The van der Waals surface area contributed by atoms with Crippen molar-refractivity contribution >= 4 is 28.7 Å². The normalized spacial score (nSPS) is 36.5. The molecule has 4 N–H and O–H groups in total. The van der Waals surface area contributed by atoms with Crippen molar-refractivity contribution in [3.8, 4) is 0 Å². The molecule has 0 amide bonds. The van der Waals surface area contributed by atoms with E-state index in [-0.39, 0.29) is 41.6 Å². The first-order valence-electron chi connectivity index (χ1n) is 17.1. The lowest BCUT2D eigenvalue weighted by Gasteiger charge is -2.17. The van der Waals surface area contributed by atoms with Crippen molar-refractivity contribution in [3.05, 3.63) is 35.3 Å². The van der Waals surface area contributed by atoms with E-state index in [4.69, 9.17) is 22.6 Å². The summed E-state index contributed by atoms with van der Waals surface area (Å²) in [6.07, 6.45) is -8.44. The van der Waals surface area contributed by atoms with Crippen LogP contribution in [0, 0.1) is 11.6 Å². The molecule has 0 saturated heterocycles. The fraction of sp³-hybridized carbons (Fsp3) is 0.565. The van der Waals surface area contributed by atoms with Gasteiger partial charge in [-0.25, -0.2) is 23.4 Å². The van der Waals surface area contributed by atoms with E-state index >= 15 is 0 Å². The average molecular weight is 536 g/mol. The number of ether oxygens (including phenoxy) is 1. The van der Waals surface area contributed by atoms with Crippen LogP contribution < -0.4 is 5.32 Å². The molecule has 1 unspecified atom stereocenters. The molecule has 2 fully saturated rings. The standard InChI is InChI=1S/C23H28F2N6O4S/c1-2-7-36-23-27-21(26-15-9-12(15)11-3-4-13(24)14(25)8-11)18-22(28-23)31(30-29-18)16-10-17(35-6-5-32)20(34)19(16)33/h3-4,8,12,15-17,19-20,32-34H,2,5-7,9-10H2,1H3,(H,26,27,28)/t12?,15-,16+,17-,19-,20+/m0/s1/i1D3,2D2,3D,4D,5D2,7D2,8D,15D. The number of rotatable bonds is 10. The Morgan fingerprint density at radius 3 is 2.97 bits per heavy atom. The molecule has 2 heterocycles. The van der Waals surface area contributed by atoms with Gasteiger partial charge in [0.2, 0.25) is 0 Å². The Morgan fingerprint density at radius 1 is 1.31 bits per heavy atom. The molecule has 2 saturated carbocycles. The summed E-state index contributed by atoms with van der Waals surface area (Å²) in [6.45, 7) is -7.08. The molecule has 13 heteroatoms. The number of thioether (sulfide) groups is 1. The van der Waals surface area contributed by atoms with Crippen molar-refractivity contribution in [2.75, 3.05) is 24.2 Å². The second kappa shape index (κ2) is 10.5. The SMILES string of the molecule is [2H]c1c([2H])c(C2C[C@]2([2H])Nc2nc(SC([2H])([2H])C([2H])([2H])C([2H])([2H])[2H])nc3c2nnn3[C@@H]2C[C@H](OCC([2H])([2H])O)[C@@H](O)[C@H]2O)c([2H])c(F)c1F. The molecule has 3 aromatic rings. The molecule has 10 nitrogen and oxygen atoms in total. The molecule has 194 valence electrons. The van der Waals surface area contributed by atoms with Crippen LogP contribution in [0.15, 0.2) is 23.3 Å². The molecule has 1 aromatic carbocycles. The number of aliphatic hydroxyl groups is 3. The predicted molar refractivity (Wildman–Crippen MR) is 128 cm³/mol. The van der Waals surface area contributed by atoms with E-state index in [9.17, 15) is 24.1 Å². The highest BCUT2D eigenvalue weighted by Gasteiger charge is 2.45. The number of nitrogens with one attached hydrogen (secondary N) is 1. The number of aromatic nitrogens is 5. The molecule has 2 aliphatic carbocycles. The number of nitrogens with zero attached hydrogens (tertiary/aromatic N) is 5. The molecule has 0 aliphatic heterocycles. The molecule has 0 spiro atoms. The fourth-order valence-corrected chi connectivity index (χ4v) is 4.45. The minimum Gasteiger partial charge on any atom is -0.394 e. The highest BCUT2D eigenvalue weighted by atomic mass is 32.2. The maximum atomic E-state index is 14.4. The second-order valence-electron chi connectivity index (χ2n) is 8.01. The summed E-state index contributed by atoms with van der Waals surface area (Å²) in [4.78, 5) is 8.29. The summed E-state index contributed by atoms with van der Waals surface area (Å²) in [7, 11) is 0. The minimum atomic E-state index is -3.46. The molecule has 0 radical (unpaired) electrons. The molecular weight excluding hydrogens is 494 g/mol. The molecular formula is C23H28F2N6O4S. The van der Waals surface area contributed by atoms with Gasteiger partial charge in [0.05, 0.1) is 33.5 Å². The summed E-state index contributed by atoms with van der Waals surface area (Å²) >= 11 is -0.0460. The van der Waals surface area contributed by atoms with Gasteiger partial charge in [-0.1, -0.05) is 29.9 Å². The Morgan fingerprint density at radius 2 is 2.17 bits per heavy atom. The van der Waals surface area contributed by atoms with Gasteiger partial charge in [-0.05, 0) is 30.4 Å². The number of benzene rings is 1. The van der Waals surface area contributed by atoms with Crippen LogP contribution in [0.3, 0.4) is 0 Å². The van der Waals surface area contributed by atoms with E-state index in [0.717, 1.165) is 4.68 Å². The van der Waals surface area contributed by atoms with Crippen LogP contribution in [0.5, 0.6) is 0 Å². The topological polar surface area (TPSA) is 138 Å². The molecule has 36 heavy (non-hydrogen) atoms. The van der Waals surface area contributed by atoms with Crippen molar-refractivity contribution in [2.24, 2.45) is 0 Å². The Kier molecular flexibility index (Phi) is 4.06. The molecule has 0 bridgehead atoms. The largest absolute Gasteiger partial charge is 0.394 e. The van der Waals surface area contributed by atoms with Crippen molar-refractivity contribution in [2.45, 2.75) is 67.5 Å². The Labute approximate surface area is 228 Å².